The second-order valence-electron chi connectivity index (χ2n) is 4.24. The summed E-state index contributed by atoms with van der Waals surface area (Å²) < 4.78 is 18.3. The van der Waals surface area contributed by atoms with Gasteiger partial charge in [0.2, 0.25) is 0 Å². The molecule has 6 heteroatoms. The Balaban J connectivity index is 2.23. The van der Waals surface area contributed by atoms with Crippen molar-refractivity contribution >= 4 is 11.7 Å². The summed E-state index contributed by atoms with van der Waals surface area (Å²) in [6.07, 6.45) is -0.217. The molecule has 4 N–H and O–H groups in total. The first kappa shape index (κ1) is 13.2. The van der Waals surface area contributed by atoms with Crippen LogP contribution in [0.25, 0.3) is 0 Å². The van der Waals surface area contributed by atoms with Crippen molar-refractivity contribution in [2.45, 2.75) is 12.5 Å². The average Bonchev–Trinajstić information content (AvgIpc) is 2.39. The predicted octanol–water partition coefficient (Wildman–Crippen LogP) is 1.60. The van der Waals surface area contributed by atoms with Crippen molar-refractivity contribution in [3.8, 4) is 0 Å². The molecule has 1 aromatic rings. The zero-order valence-corrected chi connectivity index (χ0v) is 10.0. The molecule has 0 fully saturated rings. The maximum atomic E-state index is 12.8. The highest BCUT2D eigenvalue weighted by Gasteiger charge is 2.26. The van der Waals surface area contributed by atoms with Crippen LogP contribution < -0.4 is 5.73 Å². The summed E-state index contributed by atoms with van der Waals surface area (Å²) in [5.74, 6) is -1.68. The molecule has 0 saturated carbocycles. The van der Waals surface area contributed by atoms with Crippen LogP contribution in [0.15, 0.2) is 35.5 Å². The Kier molecular flexibility index (Phi) is 3.62. The van der Waals surface area contributed by atoms with Gasteiger partial charge in [-0.05, 0) is 17.7 Å². The van der Waals surface area contributed by atoms with Gasteiger partial charge in [-0.15, -0.1) is 0 Å². The lowest BCUT2D eigenvalue weighted by molar-refractivity contribution is -0.129. The Morgan fingerprint density at radius 1 is 1.42 bits per heavy atom. The van der Waals surface area contributed by atoms with Gasteiger partial charge in [-0.1, -0.05) is 12.1 Å². The van der Waals surface area contributed by atoms with Crippen molar-refractivity contribution in [3.05, 3.63) is 46.9 Å². The number of nitrogens with one attached hydrogen (secondary N) is 1. The third kappa shape index (κ3) is 2.79. The van der Waals surface area contributed by atoms with Crippen LogP contribution in [0.2, 0.25) is 0 Å². The number of benzene rings is 1. The molecule has 100 valence electrons. The number of ether oxygens (including phenoxy) is 1. The standard InChI is InChI=1S/C13H13FN2O3/c14-8-3-1-7(2-4-8)11-5-9(10(15)6-19-11)12(16)13(17)18/h1-4,11,16H,5-6,15H2,(H,17,18). The molecule has 1 aromatic carbocycles. The SMILES string of the molecule is N=C(C(=O)O)C1=C(N)COC(c2ccc(F)cc2)C1. The molecule has 0 saturated heterocycles. The molecule has 5 nitrogen and oxygen atoms in total. The number of carbonyl (C=O) groups is 1. The third-order valence-electron chi connectivity index (χ3n) is 2.97. The fourth-order valence-corrected chi connectivity index (χ4v) is 1.94. The van der Waals surface area contributed by atoms with Gasteiger partial charge in [0, 0.05) is 17.7 Å². The molecule has 0 spiro atoms. The minimum Gasteiger partial charge on any atom is -0.477 e. The van der Waals surface area contributed by atoms with Crippen molar-refractivity contribution in [2.24, 2.45) is 5.73 Å². The van der Waals surface area contributed by atoms with Gasteiger partial charge in [-0.25, -0.2) is 9.18 Å². The van der Waals surface area contributed by atoms with Crippen molar-refractivity contribution in [1.29, 1.82) is 5.41 Å². The van der Waals surface area contributed by atoms with E-state index in [1.165, 1.54) is 12.1 Å². The van der Waals surface area contributed by atoms with Crippen LogP contribution in [0.3, 0.4) is 0 Å². The van der Waals surface area contributed by atoms with E-state index in [4.69, 9.17) is 21.0 Å². The number of hydrogen-bond acceptors (Lipinski definition) is 4. The van der Waals surface area contributed by atoms with Gasteiger partial charge in [-0.2, -0.15) is 0 Å². The van der Waals surface area contributed by atoms with E-state index in [1.54, 1.807) is 12.1 Å². The Morgan fingerprint density at radius 3 is 2.63 bits per heavy atom. The smallest absolute Gasteiger partial charge is 0.354 e. The molecule has 1 atom stereocenters. The maximum absolute atomic E-state index is 12.8. The van der Waals surface area contributed by atoms with E-state index >= 15 is 0 Å². The number of hydrogen-bond donors (Lipinski definition) is 3. The minimum atomic E-state index is -1.32. The minimum absolute atomic E-state index is 0.0625. The highest BCUT2D eigenvalue weighted by atomic mass is 19.1. The molecule has 1 aliphatic rings. The lowest BCUT2D eigenvalue weighted by Gasteiger charge is -2.26. The van der Waals surface area contributed by atoms with Gasteiger partial charge < -0.3 is 15.6 Å². The van der Waals surface area contributed by atoms with Crippen LogP contribution in [0.5, 0.6) is 0 Å². The first-order chi connectivity index (χ1) is 8.99. The summed E-state index contributed by atoms with van der Waals surface area (Å²) in [5.41, 5.74) is 6.41. The molecule has 0 amide bonds. The molecule has 1 unspecified atom stereocenters. The highest BCUT2D eigenvalue weighted by Crippen LogP contribution is 2.30. The maximum Gasteiger partial charge on any atom is 0.354 e. The zero-order valence-electron chi connectivity index (χ0n) is 10.0. The Morgan fingerprint density at radius 2 is 2.05 bits per heavy atom. The van der Waals surface area contributed by atoms with Gasteiger partial charge in [0.25, 0.3) is 0 Å². The summed E-state index contributed by atoms with van der Waals surface area (Å²) >= 11 is 0. The number of nitrogens with two attached hydrogens (primary N) is 1. The van der Waals surface area contributed by atoms with Crippen molar-refractivity contribution in [2.75, 3.05) is 6.61 Å². The number of carboxylic acids is 1. The summed E-state index contributed by atoms with van der Waals surface area (Å²) in [4.78, 5) is 10.8. The average molecular weight is 264 g/mol. The molecule has 2 rings (SSSR count). The van der Waals surface area contributed by atoms with Gasteiger partial charge >= 0.3 is 5.97 Å². The quantitative estimate of drug-likeness (QED) is 0.722. The fourth-order valence-electron chi connectivity index (χ4n) is 1.94. The number of halogens is 1. The second kappa shape index (κ2) is 5.19. The van der Waals surface area contributed by atoms with E-state index in [9.17, 15) is 9.18 Å². The van der Waals surface area contributed by atoms with E-state index < -0.39 is 17.8 Å². The van der Waals surface area contributed by atoms with Crippen LogP contribution in [-0.4, -0.2) is 23.4 Å². The van der Waals surface area contributed by atoms with E-state index in [0.717, 1.165) is 5.56 Å². The normalized spacial score (nSPS) is 19.3. The number of carboxylic acid groups (broad SMARTS) is 1. The van der Waals surface area contributed by atoms with Crippen LogP contribution in [0.4, 0.5) is 4.39 Å². The Bertz CT molecular complexity index is 552. The Hall–Kier alpha value is -2.21. The van der Waals surface area contributed by atoms with Crippen molar-refractivity contribution < 1.29 is 19.0 Å². The van der Waals surface area contributed by atoms with Crippen LogP contribution >= 0.6 is 0 Å². The molecule has 1 aliphatic heterocycles. The largest absolute Gasteiger partial charge is 0.477 e. The molecule has 0 aromatic heterocycles. The predicted molar refractivity (Wildman–Crippen MR) is 66.3 cm³/mol. The van der Waals surface area contributed by atoms with E-state index in [-0.39, 0.29) is 30.1 Å². The second-order valence-corrected chi connectivity index (χ2v) is 4.24. The summed E-state index contributed by atoms with van der Waals surface area (Å²) in [7, 11) is 0. The third-order valence-corrected chi connectivity index (χ3v) is 2.97. The topological polar surface area (TPSA) is 96.4 Å². The number of aliphatic carboxylic acids is 1. The fraction of sp³-hybridized carbons (Fsp3) is 0.231. The first-order valence-electron chi connectivity index (χ1n) is 5.66. The molecular formula is C13H13FN2O3. The van der Waals surface area contributed by atoms with Crippen molar-refractivity contribution in [1.82, 2.24) is 0 Å². The van der Waals surface area contributed by atoms with E-state index in [1.807, 2.05) is 0 Å². The van der Waals surface area contributed by atoms with Crippen molar-refractivity contribution in [3.63, 3.8) is 0 Å². The van der Waals surface area contributed by atoms with E-state index in [0.29, 0.717) is 0 Å². The highest BCUT2D eigenvalue weighted by molar-refractivity contribution is 6.41. The molecule has 0 aliphatic carbocycles. The molecule has 0 radical (unpaired) electrons. The monoisotopic (exact) mass is 264 g/mol. The first-order valence-corrected chi connectivity index (χ1v) is 5.66. The van der Waals surface area contributed by atoms with E-state index in [2.05, 4.69) is 0 Å². The van der Waals surface area contributed by atoms with Crippen LogP contribution in [0.1, 0.15) is 18.1 Å². The lowest BCUT2D eigenvalue weighted by atomic mass is 9.94. The molecular weight excluding hydrogens is 251 g/mol. The summed E-state index contributed by atoms with van der Waals surface area (Å²) in [5, 5.41) is 16.3. The van der Waals surface area contributed by atoms with Gasteiger partial charge in [0.05, 0.1) is 12.7 Å². The van der Waals surface area contributed by atoms with Gasteiger partial charge in [-0.3, -0.25) is 5.41 Å². The summed E-state index contributed by atoms with van der Waals surface area (Å²) in [6.45, 7) is 0.0625. The number of rotatable bonds is 3. The molecule has 1 heterocycles. The zero-order chi connectivity index (χ0) is 14.0. The molecule has 0 bridgehead atoms. The van der Waals surface area contributed by atoms with Crippen LogP contribution in [-0.2, 0) is 9.53 Å². The van der Waals surface area contributed by atoms with Gasteiger partial charge in [0.15, 0.2) is 0 Å². The van der Waals surface area contributed by atoms with Gasteiger partial charge in [0.1, 0.15) is 11.5 Å². The summed E-state index contributed by atoms with van der Waals surface area (Å²) in [6, 6.07) is 5.76. The molecule has 19 heavy (non-hydrogen) atoms. The Labute approximate surface area is 109 Å². The van der Waals surface area contributed by atoms with Crippen LogP contribution in [0, 0.1) is 11.2 Å². The lowest BCUT2D eigenvalue weighted by Crippen LogP contribution is -2.27.